The Labute approximate surface area is 112 Å². The van der Waals surface area contributed by atoms with Gasteiger partial charge in [0.1, 0.15) is 0 Å². The average Bonchev–Trinajstić information content (AvgIpc) is 2.45. The SMILES string of the molecule is Nc1cccc(C=Cc2ccnc3ccccc23)c1. The molecule has 0 unspecified atom stereocenters. The fourth-order valence-electron chi connectivity index (χ4n) is 2.11. The number of anilines is 1. The molecule has 0 spiro atoms. The Kier molecular flexibility index (Phi) is 2.99. The van der Waals surface area contributed by atoms with Crippen molar-refractivity contribution in [1.29, 1.82) is 0 Å². The Morgan fingerprint density at radius 2 is 1.79 bits per heavy atom. The summed E-state index contributed by atoms with van der Waals surface area (Å²) in [6.07, 6.45) is 6.00. The van der Waals surface area contributed by atoms with E-state index < -0.39 is 0 Å². The molecule has 0 bridgehead atoms. The normalized spacial score (nSPS) is 11.2. The molecule has 0 radical (unpaired) electrons. The highest BCUT2D eigenvalue weighted by Crippen LogP contribution is 2.19. The number of nitrogens with two attached hydrogens (primary N) is 1. The lowest BCUT2D eigenvalue weighted by molar-refractivity contribution is 1.41. The molecule has 2 heteroatoms. The Hall–Kier alpha value is -2.61. The van der Waals surface area contributed by atoms with Crippen LogP contribution in [0.25, 0.3) is 23.1 Å². The van der Waals surface area contributed by atoms with Gasteiger partial charge in [0, 0.05) is 17.3 Å². The van der Waals surface area contributed by atoms with Gasteiger partial charge in [-0.25, -0.2) is 0 Å². The van der Waals surface area contributed by atoms with E-state index in [2.05, 4.69) is 23.2 Å². The summed E-state index contributed by atoms with van der Waals surface area (Å²) in [4.78, 5) is 4.36. The van der Waals surface area contributed by atoms with E-state index in [0.717, 1.165) is 27.7 Å². The first-order chi connectivity index (χ1) is 9.33. The molecule has 1 heterocycles. The minimum absolute atomic E-state index is 0.779. The molecule has 2 N–H and O–H groups in total. The van der Waals surface area contributed by atoms with Gasteiger partial charge in [-0.05, 0) is 35.4 Å². The number of aromatic nitrogens is 1. The van der Waals surface area contributed by atoms with Crippen LogP contribution in [0, 0.1) is 0 Å². The van der Waals surface area contributed by atoms with Crippen LogP contribution in [-0.2, 0) is 0 Å². The third kappa shape index (κ3) is 2.47. The lowest BCUT2D eigenvalue weighted by atomic mass is 10.1. The first-order valence-electron chi connectivity index (χ1n) is 6.20. The van der Waals surface area contributed by atoms with Gasteiger partial charge in [-0.2, -0.15) is 0 Å². The largest absolute Gasteiger partial charge is 0.399 e. The number of para-hydroxylation sites is 1. The van der Waals surface area contributed by atoms with Crippen molar-refractivity contribution < 1.29 is 0 Å². The van der Waals surface area contributed by atoms with Crippen molar-refractivity contribution in [3.63, 3.8) is 0 Å². The van der Waals surface area contributed by atoms with Crippen LogP contribution in [0.15, 0.2) is 60.8 Å². The Balaban J connectivity index is 2.02. The number of pyridine rings is 1. The summed E-state index contributed by atoms with van der Waals surface area (Å²) in [6.45, 7) is 0. The van der Waals surface area contributed by atoms with Crippen LogP contribution < -0.4 is 5.73 Å². The summed E-state index contributed by atoms with van der Waals surface area (Å²) in [6, 6.07) is 18.0. The Morgan fingerprint density at radius 1 is 0.895 bits per heavy atom. The first-order valence-corrected chi connectivity index (χ1v) is 6.20. The van der Waals surface area contributed by atoms with Crippen molar-refractivity contribution in [2.45, 2.75) is 0 Å². The first kappa shape index (κ1) is 11.5. The third-order valence-corrected chi connectivity index (χ3v) is 3.05. The van der Waals surface area contributed by atoms with E-state index in [-0.39, 0.29) is 0 Å². The number of nitrogen functional groups attached to an aromatic ring is 1. The quantitative estimate of drug-likeness (QED) is 0.694. The monoisotopic (exact) mass is 246 g/mol. The van der Waals surface area contributed by atoms with Crippen molar-refractivity contribution >= 4 is 28.7 Å². The van der Waals surface area contributed by atoms with Crippen LogP contribution in [-0.4, -0.2) is 4.98 Å². The number of benzene rings is 2. The molecule has 2 nitrogen and oxygen atoms in total. The third-order valence-electron chi connectivity index (χ3n) is 3.05. The molecule has 0 saturated carbocycles. The van der Waals surface area contributed by atoms with Gasteiger partial charge >= 0.3 is 0 Å². The summed E-state index contributed by atoms with van der Waals surface area (Å²) in [5.41, 5.74) is 9.82. The molecule has 19 heavy (non-hydrogen) atoms. The van der Waals surface area contributed by atoms with E-state index in [9.17, 15) is 0 Å². The molecule has 3 aromatic rings. The zero-order valence-corrected chi connectivity index (χ0v) is 10.5. The summed E-state index contributed by atoms with van der Waals surface area (Å²) in [5, 5.41) is 1.16. The molecule has 92 valence electrons. The number of fused-ring (bicyclic) bond motifs is 1. The molecule has 0 fully saturated rings. The van der Waals surface area contributed by atoms with Crippen molar-refractivity contribution in [2.75, 3.05) is 5.73 Å². The van der Waals surface area contributed by atoms with E-state index in [1.165, 1.54) is 0 Å². The molecule has 0 aliphatic rings. The number of hydrogen-bond acceptors (Lipinski definition) is 2. The van der Waals surface area contributed by atoms with Crippen LogP contribution in [0.5, 0.6) is 0 Å². The molecule has 1 aromatic heterocycles. The van der Waals surface area contributed by atoms with Crippen LogP contribution in [0.1, 0.15) is 11.1 Å². The maximum atomic E-state index is 5.77. The van der Waals surface area contributed by atoms with Gasteiger partial charge in [0.15, 0.2) is 0 Å². The highest BCUT2D eigenvalue weighted by Gasteiger charge is 1.97. The summed E-state index contributed by atoms with van der Waals surface area (Å²) < 4.78 is 0. The van der Waals surface area contributed by atoms with Crippen LogP contribution in [0.2, 0.25) is 0 Å². The molecule has 2 aromatic carbocycles. The summed E-state index contributed by atoms with van der Waals surface area (Å²) >= 11 is 0. The fraction of sp³-hybridized carbons (Fsp3) is 0. The molecular formula is C17H14N2. The van der Waals surface area contributed by atoms with Gasteiger partial charge in [-0.1, -0.05) is 42.5 Å². The molecule has 3 rings (SSSR count). The fourth-order valence-corrected chi connectivity index (χ4v) is 2.11. The number of rotatable bonds is 2. The van der Waals surface area contributed by atoms with Gasteiger partial charge < -0.3 is 5.73 Å². The van der Waals surface area contributed by atoms with Gasteiger partial charge in [-0.3, -0.25) is 4.98 Å². The standard InChI is InChI=1S/C17H14N2/c18-15-5-3-4-13(12-15)8-9-14-10-11-19-17-7-2-1-6-16(14)17/h1-12H,18H2. The van der Waals surface area contributed by atoms with Crippen LogP contribution in [0.4, 0.5) is 5.69 Å². The van der Waals surface area contributed by atoms with Crippen molar-refractivity contribution in [3.8, 4) is 0 Å². The van der Waals surface area contributed by atoms with Gasteiger partial charge in [0.2, 0.25) is 0 Å². The van der Waals surface area contributed by atoms with E-state index in [1.807, 2.05) is 54.7 Å². The van der Waals surface area contributed by atoms with E-state index in [1.54, 1.807) is 0 Å². The number of nitrogens with zero attached hydrogens (tertiary/aromatic N) is 1. The zero-order chi connectivity index (χ0) is 13.1. The van der Waals surface area contributed by atoms with Crippen molar-refractivity contribution in [1.82, 2.24) is 4.98 Å². The molecule has 0 saturated heterocycles. The van der Waals surface area contributed by atoms with Crippen LogP contribution >= 0.6 is 0 Å². The minimum atomic E-state index is 0.779. The molecule has 0 amide bonds. The second kappa shape index (κ2) is 4.94. The second-order valence-electron chi connectivity index (χ2n) is 4.42. The Morgan fingerprint density at radius 3 is 2.68 bits per heavy atom. The predicted molar refractivity (Wildman–Crippen MR) is 81.5 cm³/mol. The lowest BCUT2D eigenvalue weighted by Gasteiger charge is -2.01. The highest BCUT2D eigenvalue weighted by atomic mass is 14.6. The number of hydrogen-bond donors (Lipinski definition) is 1. The van der Waals surface area contributed by atoms with E-state index in [4.69, 9.17) is 5.73 Å². The summed E-state index contributed by atoms with van der Waals surface area (Å²) in [7, 11) is 0. The van der Waals surface area contributed by atoms with Crippen LogP contribution in [0.3, 0.4) is 0 Å². The molecule has 0 aliphatic heterocycles. The highest BCUT2D eigenvalue weighted by molar-refractivity contribution is 5.90. The Bertz CT molecular complexity index is 740. The molecule has 0 atom stereocenters. The van der Waals surface area contributed by atoms with Gasteiger partial charge in [0.05, 0.1) is 5.52 Å². The zero-order valence-electron chi connectivity index (χ0n) is 10.5. The predicted octanol–water partition coefficient (Wildman–Crippen LogP) is 3.99. The smallest absolute Gasteiger partial charge is 0.0707 e. The molecule has 0 aliphatic carbocycles. The molecular weight excluding hydrogens is 232 g/mol. The average molecular weight is 246 g/mol. The maximum Gasteiger partial charge on any atom is 0.0707 e. The van der Waals surface area contributed by atoms with Gasteiger partial charge in [0.25, 0.3) is 0 Å². The van der Waals surface area contributed by atoms with Crippen molar-refractivity contribution in [2.24, 2.45) is 0 Å². The van der Waals surface area contributed by atoms with Crippen molar-refractivity contribution in [3.05, 3.63) is 71.9 Å². The van der Waals surface area contributed by atoms with E-state index >= 15 is 0 Å². The topological polar surface area (TPSA) is 38.9 Å². The lowest BCUT2D eigenvalue weighted by Crippen LogP contribution is -1.84. The maximum absolute atomic E-state index is 5.77. The minimum Gasteiger partial charge on any atom is -0.399 e. The second-order valence-corrected chi connectivity index (χ2v) is 4.42. The summed E-state index contributed by atoms with van der Waals surface area (Å²) in [5.74, 6) is 0. The van der Waals surface area contributed by atoms with Gasteiger partial charge in [-0.15, -0.1) is 0 Å². The van der Waals surface area contributed by atoms with E-state index in [0.29, 0.717) is 0 Å².